The van der Waals surface area contributed by atoms with Crippen molar-refractivity contribution in [2.75, 3.05) is 30.5 Å². The summed E-state index contributed by atoms with van der Waals surface area (Å²) in [4.78, 5) is 21.8. The van der Waals surface area contributed by atoms with Gasteiger partial charge in [0.2, 0.25) is 5.91 Å². The van der Waals surface area contributed by atoms with Crippen molar-refractivity contribution in [1.29, 1.82) is 0 Å². The number of anilines is 2. The summed E-state index contributed by atoms with van der Waals surface area (Å²) in [5.41, 5.74) is -0.875. The lowest BCUT2D eigenvalue weighted by atomic mass is 10.0. The van der Waals surface area contributed by atoms with Gasteiger partial charge in [0.25, 0.3) is 5.69 Å². The van der Waals surface area contributed by atoms with Crippen LogP contribution in [0.2, 0.25) is 0 Å². The molecule has 0 bridgehead atoms. The third kappa shape index (κ3) is 2.79. The number of fused-ring (bicyclic) bond motifs is 1. The van der Waals surface area contributed by atoms with Gasteiger partial charge in [-0.25, -0.2) is 0 Å². The Bertz CT molecular complexity index is 576. The standard InChI is InChI=1S/C12H15N3O6/c16-4-12(5-17,6-18)14-9-3-8-7(2-11(19)13-8)1-10(9)15(20)21/h1,3,14,16-18H,2,4-6H2,(H,13,19). The van der Waals surface area contributed by atoms with E-state index in [1.807, 2.05) is 0 Å². The van der Waals surface area contributed by atoms with Gasteiger partial charge in [0.05, 0.1) is 31.2 Å². The van der Waals surface area contributed by atoms with Gasteiger partial charge in [0.1, 0.15) is 11.2 Å². The van der Waals surface area contributed by atoms with Crippen LogP contribution in [0.25, 0.3) is 0 Å². The number of aliphatic hydroxyl groups is 3. The van der Waals surface area contributed by atoms with Crippen LogP contribution in [-0.4, -0.2) is 51.5 Å². The number of nitrogens with zero attached hydrogens (tertiary/aromatic N) is 1. The number of benzene rings is 1. The zero-order valence-electron chi connectivity index (χ0n) is 11.0. The molecule has 0 aliphatic carbocycles. The van der Waals surface area contributed by atoms with Gasteiger partial charge in [-0.15, -0.1) is 0 Å². The first-order valence-corrected chi connectivity index (χ1v) is 6.16. The summed E-state index contributed by atoms with van der Waals surface area (Å²) in [5.74, 6) is -0.269. The summed E-state index contributed by atoms with van der Waals surface area (Å²) in [6.07, 6.45) is 0.0571. The molecule has 1 aliphatic heterocycles. The molecule has 0 radical (unpaired) electrons. The van der Waals surface area contributed by atoms with E-state index in [-0.39, 0.29) is 23.7 Å². The Morgan fingerprint density at radius 1 is 1.29 bits per heavy atom. The van der Waals surface area contributed by atoms with E-state index in [4.69, 9.17) is 0 Å². The van der Waals surface area contributed by atoms with Crippen LogP contribution in [0.4, 0.5) is 17.1 Å². The van der Waals surface area contributed by atoms with Crippen molar-refractivity contribution in [2.24, 2.45) is 0 Å². The van der Waals surface area contributed by atoms with Crippen LogP contribution in [0.15, 0.2) is 12.1 Å². The Labute approximate surface area is 119 Å². The van der Waals surface area contributed by atoms with Crippen LogP contribution in [-0.2, 0) is 11.2 Å². The van der Waals surface area contributed by atoms with Crippen molar-refractivity contribution in [1.82, 2.24) is 0 Å². The molecule has 5 N–H and O–H groups in total. The zero-order valence-corrected chi connectivity index (χ0v) is 11.0. The molecule has 9 nitrogen and oxygen atoms in total. The van der Waals surface area contributed by atoms with Gasteiger partial charge in [-0.1, -0.05) is 0 Å². The molecule has 0 aromatic heterocycles. The predicted octanol–water partition coefficient (Wildman–Crippen LogP) is -0.783. The molecular formula is C12H15N3O6. The lowest BCUT2D eigenvalue weighted by molar-refractivity contribution is -0.384. The molecule has 1 aliphatic rings. The van der Waals surface area contributed by atoms with Gasteiger partial charge >= 0.3 is 0 Å². The zero-order chi connectivity index (χ0) is 15.6. The summed E-state index contributed by atoms with van der Waals surface area (Å²) in [7, 11) is 0. The van der Waals surface area contributed by atoms with Crippen LogP contribution in [0.3, 0.4) is 0 Å². The molecule has 2 rings (SSSR count). The largest absolute Gasteiger partial charge is 0.394 e. The summed E-state index contributed by atoms with van der Waals surface area (Å²) >= 11 is 0. The first-order valence-electron chi connectivity index (χ1n) is 6.16. The number of carbonyl (C=O) groups is 1. The number of hydrogen-bond donors (Lipinski definition) is 5. The van der Waals surface area contributed by atoms with Crippen molar-refractivity contribution in [2.45, 2.75) is 12.0 Å². The number of hydrogen-bond acceptors (Lipinski definition) is 7. The second-order valence-electron chi connectivity index (χ2n) is 4.89. The normalized spacial score (nSPS) is 13.8. The average Bonchev–Trinajstić information content (AvgIpc) is 2.83. The first-order chi connectivity index (χ1) is 9.94. The second-order valence-corrected chi connectivity index (χ2v) is 4.89. The molecule has 1 amide bonds. The Morgan fingerprint density at radius 3 is 2.43 bits per heavy atom. The Morgan fingerprint density at radius 2 is 1.90 bits per heavy atom. The minimum Gasteiger partial charge on any atom is -0.394 e. The summed E-state index contributed by atoms with van der Waals surface area (Å²) in [6, 6.07) is 2.61. The first kappa shape index (κ1) is 15.2. The van der Waals surface area contributed by atoms with E-state index in [0.717, 1.165) is 0 Å². The van der Waals surface area contributed by atoms with Gasteiger partial charge in [0, 0.05) is 11.8 Å². The van der Waals surface area contributed by atoms with E-state index in [1.165, 1.54) is 12.1 Å². The fourth-order valence-electron chi connectivity index (χ4n) is 2.07. The third-order valence-electron chi connectivity index (χ3n) is 3.35. The van der Waals surface area contributed by atoms with Gasteiger partial charge in [-0.3, -0.25) is 14.9 Å². The number of nitro groups is 1. The highest BCUT2D eigenvalue weighted by molar-refractivity contribution is 6.00. The fraction of sp³-hybridized carbons (Fsp3) is 0.417. The van der Waals surface area contributed by atoms with Gasteiger partial charge in [-0.05, 0) is 11.6 Å². The molecule has 0 saturated carbocycles. The monoisotopic (exact) mass is 297 g/mol. The molecule has 1 aromatic rings. The maximum Gasteiger partial charge on any atom is 0.292 e. The molecule has 21 heavy (non-hydrogen) atoms. The number of aliphatic hydroxyl groups excluding tert-OH is 3. The molecule has 9 heteroatoms. The number of amides is 1. The van der Waals surface area contributed by atoms with Crippen molar-refractivity contribution in [3.8, 4) is 0 Å². The minimum absolute atomic E-state index is 0.00176. The molecule has 0 fully saturated rings. The second kappa shape index (κ2) is 5.64. The van der Waals surface area contributed by atoms with Crippen LogP contribution in [0.5, 0.6) is 0 Å². The molecule has 0 saturated heterocycles. The molecule has 0 atom stereocenters. The predicted molar refractivity (Wildman–Crippen MR) is 73.0 cm³/mol. The van der Waals surface area contributed by atoms with Gasteiger partial charge in [-0.2, -0.15) is 0 Å². The average molecular weight is 297 g/mol. The van der Waals surface area contributed by atoms with E-state index in [0.29, 0.717) is 11.3 Å². The molecule has 1 heterocycles. The Hall–Kier alpha value is -2.23. The van der Waals surface area contributed by atoms with Crippen molar-refractivity contribution < 1.29 is 25.0 Å². The number of rotatable bonds is 6. The molecule has 0 unspecified atom stereocenters. The van der Waals surface area contributed by atoms with Crippen molar-refractivity contribution in [3.05, 3.63) is 27.8 Å². The lowest BCUT2D eigenvalue weighted by Crippen LogP contribution is -2.49. The van der Waals surface area contributed by atoms with E-state index in [1.54, 1.807) is 0 Å². The Kier molecular flexibility index (Phi) is 4.07. The van der Waals surface area contributed by atoms with E-state index < -0.39 is 30.3 Å². The lowest BCUT2D eigenvalue weighted by Gasteiger charge is -2.29. The third-order valence-corrected chi connectivity index (χ3v) is 3.35. The quantitative estimate of drug-likeness (QED) is 0.342. The number of carbonyl (C=O) groups excluding carboxylic acids is 1. The van der Waals surface area contributed by atoms with Gasteiger partial charge < -0.3 is 26.0 Å². The van der Waals surface area contributed by atoms with Gasteiger partial charge in [0.15, 0.2) is 0 Å². The van der Waals surface area contributed by atoms with E-state index in [2.05, 4.69) is 10.6 Å². The van der Waals surface area contributed by atoms with Crippen LogP contribution in [0, 0.1) is 10.1 Å². The SMILES string of the molecule is O=C1Cc2cc([N+](=O)[O-])c(NC(CO)(CO)CO)cc2N1. The molecule has 0 spiro atoms. The van der Waals surface area contributed by atoms with Crippen molar-refractivity contribution in [3.63, 3.8) is 0 Å². The van der Waals surface area contributed by atoms with Crippen LogP contribution >= 0.6 is 0 Å². The van der Waals surface area contributed by atoms with E-state index >= 15 is 0 Å². The highest BCUT2D eigenvalue weighted by atomic mass is 16.6. The highest BCUT2D eigenvalue weighted by Gasteiger charge is 2.32. The maximum atomic E-state index is 11.3. The Balaban J connectivity index is 2.45. The van der Waals surface area contributed by atoms with E-state index in [9.17, 15) is 30.2 Å². The smallest absolute Gasteiger partial charge is 0.292 e. The van der Waals surface area contributed by atoms with Crippen molar-refractivity contribution >= 4 is 23.0 Å². The summed E-state index contributed by atoms with van der Waals surface area (Å²) in [6.45, 7) is -1.87. The van der Waals surface area contributed by atoms with Crippen LogP contribution < -0.4 is 10.6 Å². The maximum absolute atomic E-state index is 11.3. The topological polar surface area (TPSA) is 145 Å². The highest BCUT2D eigenvalue weighted by Crippen LogP contribution is 2.35. The van der Waals surface area contributed by atoms with Crippen LogP contribution in [0.1, 0.15) is 5.56 Å². The molecule has 1 aromatic carbocycles. The molecular weight excluding hydrogens is 282 g/mol. The minimum atomic E-state index is -1.50. The molecule has 114 valence electrons. The summed E-state index contributed by atoms with van der Waals surface area (Å²) in [5, 5.41) is 44.1. The summed E-state index contributed by atoms with van der Waals surface area (Å²) < 4.78 is 0. The number of nitro benzene ring substituents is 1. The fourth-order valence-corrected chi connectivity index (χ4v) is 2.07. The number of nitrogens with one attached hydrogen (secondary N) is 2.